The van der Waals surface area contributed by atoms with Crippen LogP contribution in [0.2, 0.25) is 0 Å². The van der Waals surface area contributed by atoms with E-state index in [2.05, 4.69) is 79.9 Å². The fourth-order valence-corrected chi connectivity index (χ4v) is 12.0. The highest BCUT2D eigenvalue weighted by Gasteiger charge is 2.51. The van der Waals surface area contributed by atoms with E-state index < -0.39 is 86.8 Å². The van der Waals surface area contributed by atoms with Crippen LogP contribution in [-0.4, -0.2) is 140 Å². The fraction of sp³-hybridized carbons (Fsp3) is 0.851. The zero-order valence-corrected chi connectivity index (χ0v) is 56.0. The number of amides is 1. The van der Waals surface area contributed by atoms with Crippen molar-refractivity contribution in [2.45, 2.75) is 383 Å². The number of hydrogen-bond donors (Lipinski definition) is 9. The fourth-order valence-electron chi connectivity index (χ4n) is 12.0. The summed E-state index contributed by atoms with van der Waals surface area (Å²) in [6.07, 6.45) is 60.9. The Morgan fingerprint density at radius 2 is 0.784 bits per heavy atom. The summed E-state index contributed by atoms with van der Waals surface area (Å²) in [5.41, 5.74) is 0. The summed E-state index contributed by atoms with van der Waals surface area (Å²) in [7, 11) is 0. The molecule has 14 heteroatoms. The molecule has 514 valence electrons. The molecule has 2 aliphatic rings. The van der Waals surface area contributed by atoms with Crippen LogP contribution < -0.4 is 5.32 Å². The third kappa shape index (κ3) is 42.0. The Kier molecular flexibility index (Phi) is 54.4. The lowest BCUT2D eigenvalue weighted by molar-refractivity contribution is -0.359. The number of carbonyl (C=O) groups excluding carboxylic acids is 1. The molecule has 0 aliphatic carbocycles. The normalized spacial score (nSPS) is 23.5. The first-order valence-electron chi connectivity index (χ1n) is 36.5. The number of rotatable bonds is 60. The maximum Gasteiger partial charge on any atom is 0.220 e. The van der Waals surface area contributed by atoms with E-state index in [1.165, 1.54) is 193 Å². The second-order valence-electron chi connectivity index (χ2n) is 25.7. The average Bonchev–Trinajstić information content (AvgIpc) is 2.07. The van der Waals surface area contributed by atoms with Crippen molar-refractivity contribution in [1.82, 2.24) is 5.32 Å². The monoisotopic (exact) mass is 1250 g/mol. The predicted molar refractivity (Wildman–Crippen MR) is 360 cm³/mol. The standard InChI is InChI=1S/C74H135NO13/c1-3-5-7-9-11-13-15-17-19-21-23-25-27-29-30-31-32-34-35-37-39-41-43-45-47-49-51-53-55-57-63(78)62(61-85-73-71(84)69(82)72(65(60-77)87-73)88-74-70(83)68(81)67(80)64(59-76)86-74)75-66(79)58-56-54-52-50-48-46-44-42-40-38-36-33-28-26-24-22-20-18-16-14-12-10-8-6-4-2/h6,8,12,14,18,20,24,26,33,36,62-65,67-74,76-78,80-84H,3-5,7,9-11,13,15-17,19,21-23,25,27-32,34-35,37-61H2,1-2H3,(H,75,79)/b8-6-,14-12-,20-18-,26-24-,36-33-. The number of aliphatic hydroxyl groups excluding tert-OH is 8. The Hall–Kier alpha value is -2.31. The van der Waals surface area contributed by atoms with Crippen molar-refractivity contribution in [3.05, 3.63) is 60.8 Å². The van der Waals surface area contributed by atoms with Gasteiger partial charge in [0.2, 0.25) is 5.91 Å². The number of allylic oxidation sites excluding steroid dienone is 10. The van der Waals surface area contributed by atoms with Gasteiger partial charge in [0, 0.05) is 6.42 Å². The topological polar surface area (TPSA) is 228 Å². The average molecular weight is 1250 g/mol. The predicted octanol–water partition coefficient (Wildman–Crippen LogP) is 15.2. The molecule has 0 aromatic carbocycles. The van der Waals surface area contributed by atoms with Gasteiger partial charge in [0.15, 0.2) is 12.6 Å². The highest BCUT2D eigenvalue weighted by atomic mass is 16.7. The number of nitrogens with one attached hydrogen (secondary N) is 1. The van der Waals surface area contributed by atoms with Crippen molar-refractivity contribution in [3.8, 4) is 0 Å². The van der Waals surface area contributed by atoms with E-state index in [1.807, 2.05) is 0 Å². The summed E-state index contributed by atoms with van der Waals surface area (Å²) < 4.78 is 22.9. The van der Waals surface area contributed by atoms with Crippen molar-refractivity contribution in [2.24, 2.45) is 0 Å². The van der Waals surface area contributed by atoms with Crippen LogP contribution in [0.15, 0.2) is 60.8 Å². The molecule has 2 heterocycles. The molecular formula is C74H135NO13. The van der Waals surface area contributed by atoms with Crippen molar-refractivity contribution in [2.75, 3.05) is 19.8 Å². The van der Waals surface area contributed by atoms with E-state index in [-0.39, 0.29) is 12.5 Å². The molecule has 12 unspecified atom stereocenters. The molecule has 0 saturated carbocycles. The Balaban J connectivity index is 1.66. The molecule has 1 amide bonds. The number of hydrogen-bond acceptors (Lipinski definition) is 13. The van der Waals surface area contributed by atoms with E-state index in [0.29, 0.717) is 19.3 Å². The van der Waals surface area contributed by atoms with Crippen LogP contribution in [0.25, 0.3) is 0 Å². The summed E-state index contributed by atoms with van der Waals surface area (Å²) in [6.45, 7) is 2.78. The zero-order valence-electron chi connectivity index (χ0n) is 56.0. The van der Waals surface area contributed by atoms with Crippen LogP contribution in [0, 0.1) is 0 Å². The molecule has 9 N–H and O–H groups in total. The molecule has 2 saturated heterocycles. The zero-order chi connectivity index (χ0) is 63.8. The summed E-state index contributed by atoms with van der Waals surface area (Å²) in [5.74, 6) is -0.211. The minimum Gasteiger partial charge on any atom is -0.394 e. The van der Waals surface area contributed by atoms with E-state index in [0.717, 1.165) is 83.5 Å². The first kappa shape index (κ1) is 81.8. The lowest BCUT2D eigenvalue weighted by atomic mass is 9.97. The van der Waals surface area contributed by atoms with Gasteiger partial charge in [-0.2, -0.15) is 0 Å². The Morgan fingerprint density at radius 1 is 0.420 bits per heavy atom. The lowest BCUT2D eigenvalue weighted by Gasteiger charge is -2.46. The van der Waals surface area contributed by atoms with Crippen LogP contribution >= 0.6 is 0 Å². The molecule has 2 rings (SSSR count). The molecule has 14 nitrogen and oxygen atoms in total. The van der Waals surface area contributed by atoms with Gasteiger partial charge in [0.1, 0.15) is 48.8 Å². The molecule has 0 radical (unpaired) electrons. The Morgan fingerprint density at radius 3 is 1.20 bits per heavy atom. The first-order valence-corrected chi connectivity index (χ1v) is 36.5. The van der Waals surface area contributed by atoms with Crippen molar-refractivity contribution >= 4 is 5.91 Å². The van der Waals surface area contributed by atoms with Gasteiger partial charge in [-0.1, -0.05) is 306 Å². The highest BCUT2D eigenvalue weighted by Crippen LogP contribution is 2.30. The minimum absolute atomic E-state index is 0.211. The molecule has 0 aromatic heterocycles. The summed E-state index contributed by atoms with van der Waals surface area (Å²) in [5, 5.41) is 87.7. The second-order valence-corrected chi connectivity index (χ2v) is 25.7. The van der Waals surface area contributed by atoms with E-state index in [9.17, 15) is 45.6 Å². The van der Waals surface area contributed by atoms with E-state index in [1.54, 1.807) is 0 Å². The number of carbonyl (C=O) groups is 1. The Labute approximate surface area is 536 Å². The van der Waals surface area contributed by atoms with Crippen LogP contribution in [-0.2, 0) is 23.7 Å². The molecule has 88 heavy (non-hydrogen) atoms. The molecule has 2 fully saturated rings. The van der Waals surface area contributed by atoms with Crippen LogP contribution in [0.5, 0.6) is 0 Å². The van der Waals surface area contributed by atoms with Gasteiger partial charge >= 0.3 is 0 Å². The van der Waals surface area contributed by atoms with Gasteiger partial charge in [-0.15, -0.1) is 0 Å². The van der Waals surface area contributed by atoms with Gasteiger partial charge in [-0.25, -0.2) is 0 Å². The third-order valence-electron chi connectivity index (χ3n) is 17.7. The molecule has 2 aliphatic heterocycles. The van der Waals surface area contributed by atoms with E-state index >= 15 is 0 Å². The van der Waals surface area contributed by atoms with E-state index in [4.69, 9.17) is 18.9 Å². The third-order valence-corrected chi connectivity index (χ3v) is 17.7. The maximum absolute atomic E-state index is 13.4. The van der Waals surface area contributed by atoms with Crippen LogP contribution in [0.1, 0.15) is 309 Å². The lowest BCUT2D eigenvalue weighted by Crippen LogP contribution is -2.65. The largest absolute Gasteiger partial charge is 0.394 e. The van der Waals surface area contributed by atoms with Gasteiger partial charge in [0.05, 0.1) is 32.0 Å². The highest BCUT2D eigenvalue weighted by molar-refractivity contribution is 5.76. The molecule has 0 aromatic rings. The molecular weight excluding hydrogens is 1110 g/mol. The first-order chi connectivity index (χ1) is 43.1. The number of ether oxygens (including phenoxy) is 4. The van der Waals surface area contributed by atoms with Gasteiger partial charge in [0.25, 0.3) is 0 Å². The SMILES string of the molecule is CC/C=C\C/C=C\C/C=C\C/C=C\C/C=C\CCCCCCCCCCCC(=O)NC(COC1OC(CO)C(OC2OC(CO)C(O)C(O)C2O)C(O)C1O)C(O)CCCCCCCCCCCCCCCCCCCCCCCCCCCCCCC. The Bertz CT molecular complexity index is 1710. The summed E-state index contributed by atoms with van der Waals surface area (Å²) in [4.78, 5) is 13.4. The minimum atomic E-state index is -1.79. The molecule has 12 atom stereocenters. The van der Waals surface area contributed by atoms with Gasteiger partial charge in [-0.05, 0) is 57.8 Å². The van der Waals surface area contributed by atoms with Crippen LogP contribution in [0.4, 0.5) is 0 Å². The quantitative estimate of drug-likeness (QED) is 0.0204. The van der Waals surface area contributed by atoms with Crippen LogP contribution in [0.3, 0.4) is 0 Å². The van der Waals surface area contributed by atoms with Crippen molar-refractivity contribution in [1.29, 1.82) is 0 Å². The van der Waals surface area contributed by atoms with Crippen molar-refractivity contribution in [3.63, 3.8) is 0 Å². The number of aliphatic hydroxyl groups is 8. The summed E-state index contributed by atoms with van der Waals surface area (Å²) >= 11 is 0. The maximum atomic E-state index is 13.4. The van der Waals surface area contributed by atoms with Gasteiger partial charge < -0.3 is 65.1 Å². The number of unbranched alkanes of at least 4 members (excludes halogenated alkanes) is 37. The second kappa shape index (κ2) is 58.5. The van der Waals surface area contributed by atoms with Crippen molar-refractivity contribution < 1.29 is 64.6 Å². The smallest absolute Gasteiger partial charge is 0.220 e. The summed E-state index contributed by atoms with van der Waals surface area (Å²) in [6, 6.07) is -0.837. The van der Waals surface area contributed by atoms with Gasteiger partial charge in [-0.3, -0.25) is 4.79 Å². The molecule has 0 spiro atoms. The molecule has 0 bridgehead atoms.